The first-order chi connectivity index (χ1) is 12.2. The topological polar surface area (TPSA) is 87.1 Å². The number of ketones is 1. The predicted octanol–water partition coefficient (Wildman–Crippen LogP) is 2.63. The number of ether oxygens (including phenoxy) is 4. The van der Waals surface area contributed by atoms with Gasteiger partial charge in [0.05, 0.1) is 5.56 Å². The van der Waals surface area contributed by atoms with Gasteiger partial charge in [-0.1, -0.05) is 0 Å². The number of carbonyl (C=O) groups excluding carboxylic acids is 1. The normalized spacial score (nSPS) is 14.1. The number of phenols is 1. The lowest BCUT2D eigenvalue weighted by molar-refractivity contribution is 0.103. The Morgan fingerprint density at radius 1 is 0.960 bits per heavy atom. The maximum atomic E-state index is 13.0. The number of pyridine rings is 1. The van der Waals surface area contributed by atoms with Gasteiger partial charge in [0.15, 0.2) is 23.0 Å². The molecule has 2 aromatic carbocycles. The Morgan fingerprint density at radius 3 is 2.60 bits per heavy atom. The van der Waals surface area contributed by atoms with Gasteiger partial charge in [-0.05, 0) is 35.7 Å². The van der Waals surface area contributed by atoms with Gasteiger partial charge in [0.1, 0.15) is 5.69 Å². The number of rotatable bonds is 2. The molecular formula is C18H11NO6. The average Bonchev–Trinajstić information content (AvgIpc) is 3.28. The Labute approximate surface area is 141 Å². The molecule has 1 N–H and O–H groups in total. The van der Waals surface area contributed by atoms with E-state index in [0.29, 0.717) is 22.6 Å². The summed E-state index contributed by atoms with van der Waals surface area (Å²) in [5.41, 5.74) is 0.312. The van der Waals surface area contributed by atoms with E-state index in [0.717, 1.165) is 5.39 Å². The van der Waals surface area contributed by atoms with Gasteiger partial charge in [-0.25, -0.2) is 0 Å². The van der Waals surface area contributed by atoms with Gasteiger partial charge in [-0.15, -0.1) is 0 Å². The van der Waals surface area contributed by atoms with Crippen molar-refractivity contribution in [3.8, 4) is 28.7 Å². The van der Waals surface area contributed by atoms with E-state index in [1.54, 1.807) is 30.5 Å². The van der Waals surface area contributed by atoms with Gasteiger partial charge in [0.2, 0.25) is 25.1 Å². The fraction of sp³-hybridized carbons (Fsp3) is 0.111. The zero-order chi connectivity index (χ0) is 17.0. The molecule has 0 atom stereocenters. The van der Waals surface area contributed by atoms with Gasteiger partial charge in [-0.3, -0.25) is 9.78 Å². The average molecular weight is 337 g/mol. The molecule has 7 nitrogen and oxygen atoms in total. The van der Waals surface area contributed by atoms with E-state index in [9.17, 15) is 9.90 Å². The second-order valence-electron chi connectivity index (χ2n) is 5.61. The first kappa shape index (κ1) is 13.9. The van der Waals surface area contributed by atoms with Crippen LogP contribution in [0, 0.1) is 0 Å². The SMILES string of the molecule is O=C(c1ccc2c(c1O)OCO2)c1nccc2cc3c(cc12)OCO3. The molecule has 0 saturated heterocycles. The maximum absolute atomic E-state index is 13.0. The van der Waals surface area contributed by atoms with Crippen molar-refractivity contribution in [3.05, 3.63) is 47.8 Å². The van der Waals surface area contributed by atoms with Gasteiger partial charge in [-0.2, -0.15) is 0 Å². The van der Waals surface area contributed by atoms with Crippen LogP contribution in [0.2, 0.25) is 0 Å². The first-order valence-corrected chi connectivity index (χ1v) is 7.57. The molecular weight excluding hydrogens is 326 g/mol. The molecule has 0 aliphatic carbocycles. The van der Waals surface area contributed by atoms with Crippen molar-refractivity contribution in [1.29, 1.82) is 0 Å². The standard InChI is InChI=1S/C18H11NO6/c20-16(10-1-2-12-18(17(10)21)25-8-22-12)15-11-6-14-13(23-7-24-14)5-9(11)3-4-19-15/h1-6,21H,7-8H2. The lowest BCUT2D eigenvalue weighted by Gasteiger charge is -2.09. The van der Waals surface area contributed by atoms with Crippen molar-refractivity contribution in [2.45, 2.75) is 0 Å². The molecule has 0 amide bonds. The number of phenolic OH excluding ortho intramolecular Hbond substituents is 1. The van der Waals surface area contributed by atoms with E-state index < -0.39 is 5.78 Å². The quantitative estimate of drug-likeness (QED) is 0.719. The van der Waals surface area contributed by atoms with E-state index in [4.69, 9.17) is 18.9 Å². The summed E-state index contributed by atoms with van der Waals surface area (Å²) in [5, 5.41) is 11.8. The molecule has 2 aliphatic heterocycles. The molecule has 0 spiro atoms. The Bertz CT molecular complexity index is 1050. The highest BCUT2D eigenvalue weighted by Crippen LogP contribution is 2.43. The summed E-state index contributed by atoms with van der Waals surface area (Å²) >= 11 is 0. The summed E-state index contributed by atoms with van der Waals surface area (Å²) in [5.74, 6) is 1.10. The van der Waals surface area contributed by atoms with Gasteiger partial charge >= 0.3 is 0 Å². The minimum absolute atomic E-state index is 0.0104. The Balaban J connectivity index is 1.68. The van der Waals surface area contributed by atoms with Crippen LogP contribution in [0.25, 0.3) is 10.8 Å². The van der Waals surface area contributed by atoms with Gasteiger partial charge < -0.3 is 24.1 Å². The Morgan fingerprint density at radius 2 is 1.72 bits per heavy atom. The van der Waals surface area contributed by atoms with Crippen LogP contribution in [-0.2, 0) is 0 Å². The summed E-state index contributed by atoms with van der Waals surface area (Å²) in [7, 11) is 0. The summed E-state index contributed by atoms with van der Waals surface area (Å²) < 4.78 is 21.2. The molecule has 0 saturated carbocycles. The minimum Gasteiger partial charge on any atom is -0.504 e. The summed E-state index contributed by atoms with van der Waals surface area (Å²) in [6.07, 6.45) is 1.54. The highest BCUT2D eigenvalue weighted by molar-refractivity contribution is 6.16. The van der Waals surface area contributed by atoms with Gasteiger partial charge in [0, 0.05) is 11.6 Å². The third-order valence-electron chi connectivity index (χ3n) is 4.23. The van der Waals surface area contributed by atoms with Crippen LogP contribution in [0.1, 0.15) is 16.1 Å². The molecule has 124 valence electrons. The third-order valence-corrected chi connectivity index (χ3v) is 4.23. The number of hydrogen-bond acceptors (Lipinski definition) is 7. The number of fused-ring (bicyclic) bond motifs is 3. The summed E-state index contributed by atoms with van der Waals surface area (Å²) in [6.45, 7) is 0.155. The van der Waals surface area contributed by atoms with Gasteiger partial charge in [0.25, 0.3) is 0 Å². The van der Waals surface area contributed by atoms with Crippen molar-refractivity contribution >= 4 is 16.6 Å². The van der Waals surface area contributed by atoms with Crippen LogP contribution in [-0.4, -0.2) is 29.5 Å². The van der Waals surface area contributed by atoms with Crippen molar-refractivity contribution < 1.29 is 28.8 Å². The third kappa shape index (κ3) is 1.99. The largest absolute Gasteiger partial charge is 0.504 e. The second-order valence-corrected chi connectivity index (χ2v) is 5.61. The predicted molar refractivity (Wildman–Crippen MR) is 85.5 cm³/mol. The number of hydrogen-bond donors (Lipinski definition) is 1. The smallest absolute Gasteiger partial charge is 0.231 e. The van der Waals surface area contributed by atoms with Crippen molar-refractivity contribution in [2.24, 2.45) is 0 Å². The van der Waals surface area contributed by atoms with Crippen LogP contribution in [0.15, 0.2) is 36.5 Å². The second kappa shape index (κ2) is 5.01. The number of nitrogens with zero attached hydrogens (tertiary/aromatic N) is 1. The molecule has 3 heterocycles. The van der Waals surface area contributed by atoms with E-state index in [1.165, 1.54) is 6.07 Å². The lowest BCUT2D eigenvalue weighted by atomic mass is 10.0. The zero-order valence-electron chi connectivity index (χ0n) is 12.8. The van der Waals surface area contributed by atoms with E-state index in [-0.39, 0.29) is 36.3 Å². The first-order valence-electron chi connectivity index (χ1n) is 7.57. The number of aromatic nitrogens is 1. The zero-order valence-corrected chi connectivity index (χ0v) is 12.8. The van der Waals surface area contributed by atoms with Crippen molar-refractivity contribution in [1.82, 2.24) is 4.98 Å². The van der Waals surface area contributed by atoms with Crippen LogP contribution in [0.5, 0.6) is 28.7 Å². The fourth-order valence-corrected chi connectivity index (χ4v) is 3.01. The number of aromatic hydroxyl groups is 1. The highest BCUT2D eigenvalue weighted by atomic mass is 16.7. The molecule has 2 aliphatic rings. The molecule has 1 aromatic heterocycles. The number of benzene rings is 2. The highest BCUT2D eigenvalue weighted by Gasteiger charge is 2.26. The maximum Gasteiger partial charge on any atom is 0.231 e. The Kier molecular flexibility index (Phi) is 2.79. The lowest BCUT2D eigenvalue weighted by Crippen LogP contribution is -2.05. The molecule has 5 rings (SSSR count). The Hall–Kier alpha value is -3.48. The molecule has 7 heteroatoms. The molecule has 0 bridgehead atoms. The summed E-state index contributed by atoms with van der Waals surface area (Å²) in [4.78, 5) is 17.2. The molecule has 25 heavy (non-hydrogen) atoms. The van der Waals surface area contributed by atoms with Crippen molar-refractivity contribution in [2.75, 3.05) is 13.6 Å². The van der Waals surface area contributed by atoms with Crippen LogP contribution in [0.3, 0.4) is 0 Å². The van der Waals surface area contributed by atoms with Crippen LogP contribution >= 0.6 is 0 Å². The van der Waals surface area contributed by atoms with Crippen LogP contribution in [0.4, 0.5) is 0 Å². The molecule has 3 aromatic rings. The van der Waals surface area contributed by atoms with E-state index in [2.05, 4.69) is 4.98 Å². The number of carbonyl (C=O) groups is 1. The molecule has 0 radical (unpaired) electrons. The molecule has 0 unspecified atom stereocenters. The minimum atomic E-state index is -0.416. The van der Waals surface area contributed by atoms with E-state index >= 15 is 0 Å². The summed E-state index contributed by atoms with van der Waals surface area (Å²) in [6, 6.07) is 8.40. The molecule has 0 fully saturated rings. The monoisotopic (exact) mass is 337 g/mol. The fourth-order valence-electron chi connectivity index (χ4n) is 3.01. The van der Waals surface area contributed by atoms with E-state index in [1.807, 2.05) is 0 Å². The van der Waals surface area contributed by atoms with Crippen LogP contribution < -0.4 is 18.9 Å². The van der Waals surface area contributed by atoms with Crippen molar-refractivity contribution in [3.63, 3.8) is 0 Å².